The molecule has 0 aliphatic carbocycles. The van der Waals surface area contributed by atoms with Crippen molar-refractivity contribution in [2.75, 3.05) is 0 Å². The number of para-hydroxylation sites is 2. The summed E-state index contributed by atoms with van der Waals surface area (Å²) in [6.07, 6.45) is 28.5. The maximum Gasteiger partial charge on any atom is 2.00 e. The zero-order chi connectivity index (χ0) is 45.1. The summed E-state index contributed by atoms with van der Waals surface area (Å²) in [4.78, 5) is -0.597. The average molecular weight is 935 g/mol. The predicted molar refractivity (Wildman–Crippen MR) is 251 cm³/mol. The molecule has 4 aromatic rings. The van der Waals surface area contributed by atoms with Crippen molar-refractivity contribution in [2.24, 2.45) is 0 Å². The second-order valence-electron chi connectivity index (χ2n) is 16.2. The number of hydrogen-bond donors (Lipinski definition) is 2. The van der Waals surface area contributed by atoms with Gasteiger partial charge < -0.3 is 24.2 Å². The summed E-state index contributed by atoms with van der Waals surface area (Å²) in [6, 6.07) is 21.1. The molecule has 4 aromatic carbocycles. The molecule has 0 spiro atoms. The Morgan fingerprint density at radius 3 is 1.17 bits per heavy atom. The Bertz CT molecular complexity index is 1910. The number of benzene rings is 4. The number of hydrogen-bond acceptors (Lipinski definition) is 9. The Labute approximate surface area is 408 Å². The third kappa shape index (κ3) is 23.3. The fraction of sp³-hybridized carbons (Fsp3) is 0.520. The normalized spacial score (nSPS) is 11.4. The first kappa shape index (κ1) is 56.3. The molecule has 0 heterocycles. The second-order valence-corrected chi connectivity index (χ2v) is 18.9. The van der Waals surface area contributed by atoms with E-state index in [9.17, 15) is 36.2 Å². The van der Waals surface area contributed by atoms with Crippen molar-refractivity contribution < 1.29 is 45.6 Å². The van der Waals surface area contributed by atoms with Crippen LogP contribution in [0.5, 0.6) is 34.5 Å². The summed E-state index contributed by atoms with van der Waals surface area (Å²) in [5, 5.41) is 20.7. The molecule has 0 amide bonds. The summed E-state index contributed by atoms with van der Waals surface area (Å²) in [5.41, 5.74) is 1.44. The van der Waals surface area contributed by atoms with Crippen LogP contribution in [0, 0.1) is 0 Å². The van der Waals surface area contributed by atoms with E-state index in [4.69, 9.17) is 9.47 Å². The van der Waals surface area contributed by atoms with E-state index < -0.39 is 20.2 Å². The number of aryl methyl sites for hydroxylation is 2. The smallest absolute Gasteiger partial charge is 0.872 e. The van der Waals surface area contributed by atoms with Gasteiger partial charge in [-0.2, -0.15) is 8.42 Å². The molecule has 0 unspecified atom stereocenters. The van der Waals surface area contributed by atoms with Crippen molar-refractivity contribution in [3.05, 3.63) is 96.1 Å². The molecule has 344 valence electrons. The second kappa shape index (κ2) is 31.9. The molecule has 0 atom stereocenters. The van der Waals surface area contributed by atoms with Gasteiger partial charge in [0.15, 0.2) is 5.75 Å². The van der Waals surface area contributed by atoms with E-state index >= 15 is 0 Å². The zero-order valence-electron chi connectivity index (χ0n) is 37.7. The van der Waals surface area contributed by atoms with Crippen LogP contribution in [0.3, 0.4) is 0 Å². The molecule has 10 nitrogen and oxygen atoms in total. The predicted octanol–water partition coefficient (Wildman–Crippen LogP) is 13.2. The van der Waals surface area contributed by atoms with Crippen LogP contribution in [-0.2, 0) is 33.1 Å². The molecule has 0 saturated heterocycles. The van der Waals surface area contributed by atoms with Gasteiger partial charge in [0.2, 0.25) is 0 Å². The molecule has 0 saturated carbocycles. The summed E-state index contributed by atoms with van der Waals surface area (Å²) in [6.45, 7) is 4.47. The molecule has 63 heavy (non-hydrogen) atoms. The van der Waals surface area contributed by atoms with Crippen molar-refractivity contribution in [3.63, 3.8) is 0 Å². The number of unbranched alkanes of at least 4 members (excludes halogenated alkanes) is 20. The quantitative estimate of drug-likeness (QED) is 0.0291. The van der Waals surface area contributed by atoms with Gasteiger partial charge in [0.1, 0.15) is 38.0 Å². The van der Waals surface area contributed by atoms with Crippen molar-refractivity contribution >= 4 is 58.0 Å². The molecular weight excluding hydrogens is 865 g/mol. The number of phenolic OH excluding ortho intramolecular Hbond substituents is 1. The van der Waals surface area contributed by atoms with Gasteiger partial charge in [-0.3, -0.25) is 4.55 Å². The van der Waals surface area contributed by atoms with E-state index in [2.05, 4.69) is 13.8 Å². The third-order valence-electron chi connectivity index (χ3n) is 10.9. The summed E-state index contributed by atoms with van der Waals surface area (Å²) < 4.78 is 80.1. The van der Waals surface area contributed by atoms with Crippen LogP contribution in [0.1, 0.15) is 166 Å². The molecule has 4 rings (SSSR count). The van der Waals surface area contributed by atoms with Crippen LogP contribution in [0.2, 0.25) is 0 Å². The van der Waals surface area contributed by atoms with Gasteiger partial charge in [0.25, 0.3) is 10.1 Å². The molecule has 0 aliphatic rings. The van der Waals surface area contributed by atoms with Crippen molar-refractivity contribution in [3.8, 4) is 34.5 Å². The topological polar surface area (TPSA) is 173 Å². The van der Waals surface area contributed by atoms with E-state index in [1.807, 2.05) is 6.07 Å². The molecule has 0 fully saturated rings. The van der Waals surface area contributed by atoms with Crippen molar-refractivity contribution in [2.45, 2.75) is 178 Å². The summed E-state index contributed by atoms with van der Waals surface area (Å²) in [5.74, 6) is 0.880. The van der Waals surface area contributed by atoms with Gasteiger partial charge >= 0.3 is 37.7 Å². The number of aromatic hydroxyl groups is 1. The molecule has 13 heteroatoms. The van der Waals surface area contributed by atoms with E-state index in [-0.39, 0.29) is 70.5 Å². The standard InChI is InChI=1S/2C25H36O5S.Ca/c2*1-2-3-4-5-6-7-8-9-10-11-12-14-21-15-13-16-24(31(27,28)29)25(21)30-23-19-17-22(26)18-20-23;/h2*13,15-20,26H,2-12,14H2,1H3,(H,27,28,29);/q;;+2/p-2. The van der Waals surface area contributed by atoms with Gasteiger partial charge in [-0.25, -0.2) is 8.42 Å². The van der Waals surface area contributed by atoms with E-state index in [0.29, 0.717) is 29.9 Å². The minimum Gasteiger partial charge on any atom is -0.872 e. The van der Waals surface area contributed by atoms with E-state index in [1.54, 1.807) is 30.3 Å². The van der Waals surface area contributed by atoms with Crippen molar-refractivity contribution in [1.29, 1.82) is 0 Å². The summed E-state index contributed by atoms with van der Waals surface area (Å²) >= 11 is 0. The van der Waals surface area contributed by atoms with Crippen LogP contribution in [0.4, 0.5) is 0 Å². The number of phenols is 1. The van der Waals surface area contributed by atoms with Crippen LogP contribution in [-0.4, -0.2) is 68.8 Å². The summed E-state index contributed by atoms with van der Waals surface area (Å²) in [7, 11) is -9.09. The van der Waals surface area contributed by atoms with Gasteiger partial charge in [0, 0.05) is 0 Å². The zero-order valence-corrected chi connectivity index (χ0v) is 41.6. The Morgan fingerprint density at radius 1 is 0.476 bits per heavy atom. The van der Waals surface area contributed by atoms with Crippen LogP contribution >= 0.6 is 0 Å². The molecule has 0 aliphatic heterocycles. The molecular formula is C50H70CaO10S2. The van der Waals surface area contributed by atoms with Gasteiger partial charge in [0.05, 0.1) is 4.90 Å². The molecule has 0 bridgehead atoms. The molecule has 0 radical (unpaired) electrons. The van der Waals surface area contributed by atoms with Gasteiger partial charge in [-0.1, -0.05) is 179 Å². The monoisotopic (exact) mass is 934 g/mol. The van der Waals surface area contributed by atoms with Crippen LogP contribution < -0.4 is 14.6 Å². The number of rotatable bonds is 30. The first-order valence-corrected chi connectivity index (χ1v) is 25.8. The van der Waals surface area contributed by atoms with Crippen LogP contribution in [0.25, 0.3) is 0 Å². The fourth-order valence-electron chi connectivity index (χ4n) is 7.36. The average Bonchev–Trinajstić information content (AvgIpc) is 3.24. The minimum absolute atomic E-state index is 0. The largest absolute Gasteiger partial charge is 2.00 e. The van der Waals surface area contributed by atoms with E-state index in [1.165, 1.54) is 158 Å². The molecule has 2 N–H and O–H groups in total. The Hall–Kier alpha value is -2.84. The van der Waals surface area contributed by atoms with Crippen molar-refractivity contribution in [1.82, 2.24) is 0 Å². The number of ether oxygens (including phenoxy) is 2. The first-order chi connectivity index (χ1) is 29.8. The first-order valence-electron chi connectivity index (χ1n) is 22.9. The maximum atomic E-state index is 11.8. The third-order valence-corrected chi connectivity index (χ3v) is 12.6. The Morgan fingerprint density at radius 2 is 0.810 bits per heavy atom. The van der Waals surface area contributed by atoms with E-state index in [0.717, 1.165) is 37.7 Å². The van der Waals surface area contributed by atoms with Gasteiger partial charge in [-0.05, 0) is 85.3 Å². The SMILES string of the molecule is CCCCCCCCCCCCCc1cccc(S(=O)(=O)O)c1Oc1ccc(O)cc1.CCCCCCCCCCCCCc1cccc(S(=O)(=O)[O-])c1Oc1ccc([O-])cc1.[Ca+2]. The molecule has 0 aromatic heterocycles. The van der Waals surface area contributed by atoms with Crippen LogP contribution in [0.15, 0.2) is 94.7 Å². The Kier molecular flexibility index (Phi) is 28.5. The minimum atomic E-state index is -4.68. The Balaban J connectivity index is 0.000000427. The van der Waals surface area contributed by atoms with Gasteiger partial charge in [-0.15, -0.1) is 5.75 Å². The fourth-order valence-corrected chi connectivity index (χ4v) is 8.67. The maximum absolute atomic E-state index is 11.8.